The smallest absolute Gasteiger partial charge is 0.335 e. The van der Waals surface area contributed by atoms with Gasteiger partial charge in [0.2, 0.25) is 0 Å². The topological polar surface area (TPSA) is 77.5 Å². The molecule has 4 rings (SSSR count). The quantitative estimate of drug-likeness (QED) is 0.388. The second-order valence-electron chi connectivity index (χ2n) is 7.37. The number of benzene rings is 3. The summed E-state index contributed by atoms with van der Waals surface area (Å²) in [6, 6.07) is 18.3. The van der Waals surface area contributed by atoms with Crippen LogP contribution in [-0.2, 0) is 6.61 Å². The second-order valence-corrected chi connectivity index (χ2v) is 7.37. The molecule has 0 atom stereocenters. The number of aryl methyl sites for hydroxylation is 1. The molecule has 0 fully saturated rings. The molecule has 0 aliphatic heterocycles. The molecule has 0 aliphatic rings. The first kappa shape index (κ1) is 21.1. The lowest BCUT2D eigenvalue weighted by atomic mass is 10.1. The minimum Gasteiger partial charge on any atom is -0.488 e. The van der Waals surface area contributed by atoms with Crippen LogP contribution in [0.5, 0.6) is 5.75 Å². The second kappa shape index (κ2) is 8.55. The molecule has 0 saturated carbocycles. The summed E-state index contributed by atoms with van der Waals surface area (Å²) in [6.07, 6.45) is 0. The minimum absolute atomic E-state index is 0.0473. The molecule has 1 heterocycles. The maximum Gasteiger partial charge on any atom is 0.335 e. The molecule has 0 spiro atoms. The SMILES string of the molecule is Cc1ccc(-c2cc(F)ccc2OCc2ccc(F)cc2)n1-c1cc(N)cc(C(=O)O)c1. The summed E-state index contributed by atoms with van der Waals surface area (Å²) in [5, 5.41) is 9.40. The van der Waals surface area contributed by atoms with Crippen LogP contribution in [0.25, 0.3) is 16.9 Å². The molecule has 0 aliphatic carbocycles. The van der Waals surface area contributed by atoms with Gasteiger partial charge in [-0.2, -0.15) is 0 Å². The fourth-order valence-corrected chi connectivity index (χ4v) is 3.55. The van der Waals surface area contributed by atoms with Crippen LogP contribution in [0.15, 0.2) is 72.8 Å². The van der Waals surface area contributed by atoms with Gasteiger partial charge in [0.15, 0.2) is 0 Å². The number of anilines is 1. The first-order valence-electron chi connectivity index (χ1n) is 9.81. The van der Waals surface area contributed by atoms with Gasteiger partial charge >= 0.3 is 5.97 Å². The van der Waals surface area contributed by atoms with Crippen LogP contribution in [0.1, 0.15) is 21.6 Å². The average Bonchev–Trinajstić information content (AvgIpc) is 3.14. The number of carboxylic acids is 1. The van der Waals surface area contributed by atoms with Crippen LogP contribution in [0.4, 0.5) is 14.5 Å². The van der Waals surface area contributed by atoms with E-state index >= 15 is 0 Å². The number of ether oxygens (including phenoxy) is 1. The van der Waals surface area contributed by atoms with Crippen molar-refractivity contribution in [2.75, 3.05) is 5.73 Å². The van der Waals surface area contributed by atoms with Gasteiger partial charge in [-0.3, -0.25) is 0 Å². The zero-order valence-electron chi connectivity index (χ0n) is 17.2. The summed E-state index contributed by atoms with van der Waals surface area (Å²) in [5.74, 6) is -1.46. The van der Waals surface area contributed by atoms with Crippen molar-refractivity contribution in [2.45, 2.75) is 13.5 Å². The van der Waals surface area contributed by atoms with Crippen molar-refractivity contribution in [2.24, 2.45) is 0 Å². The van der Waals surface area contributed by atoms with Gasteiger partial charge in [0.1, 0.15) is 24.0 Å². The largest absolute Gasteiger partial charge is 0.488 e. The van der Waals surface area contributed by atoms with Crippen LogP contribution < -0.4 is 10.5 Å². The van der Waals surface area contributed by atoms with Crippen LogP contribution >= 0.6 is 0 Å². The molecule has 1 aromatic heterocycles. The fourth-order valence-electron chi connectivity index (χ4n) is 3.55. The number of aromatic carboxylic acids is 1. The van der Waals surface area contributed by atoms with E-state index in [4.69, 9.17) is 10.5 Å². The number of hydrogen-bond acceptors (Lipinski definition) is 3. The Labute approximate surface area is 183 Å². The molecule has 3 N–H and O–H groups in total. The predicted octanol–water partition coefficient (Wildman–Crippen LogP) is 5.59. The van der Waals surface area contributed by atoms with E-state index in [0.29, 0.717) is 28.4 Å². The van der Waals surface area contributed by atoms with Gasteiger partial charge in [-0.1, -0.05) is 12.1 Å². The first-order valence-corrected chi connectivity index (χ1v) is 9.81. The highest BCUT2D eigenvalue weighted by atomic mass is 19.1. The molecule has 5 nitrogen and oxygen atoms in total. The summed E-state index contributed by atoms with van der Waals surface area (Å²) in [4.78, 5) is 11.5. The first-order chi connectivity index (χ1) is 15.3. The molecule has 0 saturated heterocycles. The molecular weight excluding hydrogens is 414 g/mol. The number of aromatic nitrogens is 1. The number of hydrogen-bond donors (Lipinski definition) is 2. The summed E-state index contributed by atoms with van der Waals surface area (Å²) < 4.78 is 35.1. The van der Waals surface area contributed by atoms with Gasteiger partial charge in [-0.05, 0) is 73.2 Å². The molecular formula is C25H20F2N2O3. The molecule has 0 amide bonds. The van der Waals surface area contributed by atoms with Crippen LogP contribution in [0.2, 0.25) is 0 Å². The van der Waals surface area contributed by atoms with Crippen LogP contribution in [-0.4, -0.2) is 15.6 Å². The Morgan fingerprint density at radius 3 is 2.41 bits per heavy atom. The van der Waals surface area contributed by atoms with Gasteiger partial charge < -0.3 is 20.1 Å². The summed E-state index contributed by atoms with van der Waals surface area (Å²) in [5.41, 5.74) is 9.47. The molecule has 3 aromatic carbocycles. The van der Waals surface area contributed by atoms with Gasteiger partial charge in [0.25, 0.3) is 0 Å². The maximum absolute atomic E-state index is 14.2. The summed E-state index contributed by atoms with van der Waals surface area (Å²) in [6.45, 7) is 2.02. The average molecular weight is 434 g/mol. The van der Waals surface area contributed by atoms with Crippen LogP contribution in [0.3, 0.4) is 0 Å². The van der Waals surface area contributed by atoms with Gasteiger partial charge in [0.05, 0.1) is 11.3 Å². The Hall–Kier alpha value is -4.13. The van der Waals surface area contributed by atoms with Crippen molar-refractivity contribution in [1.82, 2.24) is 4.57 Å². The third-order valence-corrected chi connectivity index (χ3v) is 5.05. The number of halogens is 2. The van der Waals surface area contributed by atoms with E-state index in [1.165, 1.54) is 42.5 Å². The fraction of sp³-hybridized carbons (Fsp3) is 0.0800. The highest BCUT2D eigenvalue weighted by Crippen LogP contribution is 2.35. The monoisotopic (exact) mass is 434 g/mol. The molecule has 7 heteroatoms. The van der Waals surface area contributed by atoms with E-state index in [0.717, 1.165) is 11.3 Å². The molecule has 4 aromatic rings. The molecule has 162 valence electrons. The Kier molecular flexibility index (Phi) is 5.64. The predicted molar refractivity (Wildman–Crippen MR) is 118 cm³/mol. The van der Waals surface area contributed by atoms with E-state index < -0.39 is 11.8 Å². The van der Waals surface area contributed by atoms with Gasteiger partial charge in [-0.15, -0.1) is 0 Å². The normalized spacial score (nSPS) is 10.8. The number of carbonyl (C=O) groups is 1. The lowest BCUT2D eigenvalue weighted by Crippen LogP contribution is -2.05. The number of nitrogens with two attached hydrogens (primary N) is 1. The summed E-state index contributed by atoms with van der Waals surface area (Å²) >= 11 is 0. The third kappa shape index (κ3) is 4.32. The van der Waals surface area contributed by atoms with Gasteiger partial charge in [-0.25, -0.2) is 13.6 Å². The third-order valence-electron chi connectivity index (χ3n) is 5.05. The highest BCUT2D eigenvalue weighted by molar-refractivity contribution is 5.90. The number of rotatable bonds is 6. The molecule has 0 unspecified atom stereocenters. The molecule has 32 heavy (non-hydrogen) atoms. The highest BCUT2D eigenvalue weighted by Gasteiger charge is 2.17. The standard InChI is InChI=1S/C25H20F2N2O3/c1-15-2-8-23(29(15)21-11-17(25(30)31)10-20(28)13-21)22-12-19(27)7-9-24(22)32-14-16-3-5-18(26)6-4-16/h2-13H,14,28H2,1H3,(H,30,31). The van der Waals surface area contributed by atoms with E-state index in [9.17, 15) is 18.7 Å². The zero-order chi connectivity index (χ0) is 22.8. The van der Waals surface area contributed by atoms with Crippen molar-refractivity contribution in [3.63, 3.8) is 0 Å². The number of nitrogens with zero attached hydrogens (tertiary/aromatic N) is 1. The molecule has 0 bridgehead atoms. The van der Waals surface area contributed by atoms with Crippen molar-refractivity contribution in [3.05, 3.63) is 101 Å². The van der Waals surface area contributed by atoms with Gasteiger partial charge in [0, 0.05) is 22.6 Å². The minimum atomic E-state index is -1.10. The van der Waals surface area contributed by atoms with E-state index in [1.54, 1.807) is 28.8 Å². The molecule has 0 radical (unpaired) electrons. The van der Waals surface area contributed by atoms with Crippen molar-refractivity contribution < 1.29 is 23.4 Å². The summed E-state index contributed by atoms with van der Waals surface area (Å²) in [7, 11) is 0. The van der Waals surface area contributed by atoms with Crippen molar-refractivity contribution >= 4 is 11.7 Å². The lowest BCUT2D eigenvalue weighted by Gasteiger charge is -2.17. The van der Waals surface area contributed by atoms with Crippen molar-refractivity contribution in [3.8, 4) is 22.7 Å². The Balaban J connectivity index is 1.78. The van der Waals surface area contributed by atoms with E-state index in [1.807, 2.05) is 13.0 Å². The maximum atomic E-state index is 14.2. The Morgan fingerprint density at radius 2 is 1.69 bits per heavy atom. The lowest BCUT2D eigenvalue weighted by molar-refractivity contribution is 0.0697. The van der Waals surface area contributed by atoms with Crippen molar-refractivity contribution in [1.29, 1.82) is 0 Å². The van der Waals surface area contributed by atoms with E-state index in [-0.39, 0.29) is 18.0 Å². The Bertz CT molecular complexity index is 1300. The van der Waals surface area contributed by atoms with Crippen LogP contribution in [0, 0.1) is 18.6 Å². The Morgan fingerprint density at radius 1 is 0.969 bits per heavy atom. The number of carboxylic acid groups (broad SMARTS) is 1. The number of nitrogen functional groups attached to an aromatic ring is 1. The van der Waals surface area contributed by atoms with E-state index in [2.05, 4.69) is 0 Å². The zero-order valence-corrected chi connectivity index (χ0v) is 17.2.